The van der Waals surface area contributed by atoms with Crippen molar-refractivity contribution in [3.8, 4) is 17.3 Å². The quantitative estimate of drug-likeness (QED) is 0.791. The van der Waals surface area contributed by atoms with Gasteiger partial charge in [0.05, 0.1) is 13.4 Å². The van der Waals surface area contributed by atoms with Gasteiger partial charge in [-0.1, -0.05) is 6.07 Å². The SMILES string of the molecule is COc1cccc(NC(=O)c2ccc(-c3ccco3)o2)c1. The molecular weight excluding hydrogens is 270 g/mol. The zero-order valence-corrected chi connectivity index (χ0v) is 11.3. The highest BCUT2D eigenvalue weighted by molar-refractivity contribution is 6.02. The van der Waals surface area contributed by atoms with E-state index in [0.29, 0.717) is 23.0 Å². The Labute approximate surface area is 121 Å². The third kappa shape index (κ3) is 2.81. The predicted octanol–water partition coefficient (Wildman–Crippen LogP) is 3.80. The monoisotopic (exact) mass is 283 g/mol. The van der Waals surface area contributed by atoms with Crippen LogP contribution in [-0.4, -0.2) is 13.0 Å². The van der Waals surface area contributed by atoms with E-state index in [1.807, 2.05) is 0 Å². The highest BCUT2D eigenvalue weighted by atomic mass is 16.5. The van der Waals surface area contributed by atoms with E-state index in [9.17, 15) is 4.79 Å². The Balaban J connectivity index is 1.76. The molecule has 0 atom stereocenters. The van der Waals surface area contributed by atoms with Crippen LogP contribution in [-0.2, 0) is 0 Å². The van der Waals surface area contributed by atoms with Crippen molar-refractivity contribution < 1.29 is 18.4 Å². The van der Waals surface area contributed by atoms with E-state index in [2.05, 4.69) is 5.32 Å². The van der Waals surface area contributed by atoms with Crippen LogP contribution >= 0.6 is 0 Å². The first-order valence-electron chi connectivity index (χ1n) is 6.35. The molecule has 0 aliphatic carbocycles. The number of ether oxygens (including phenoxy) is 1. The Hall–Kier alpha value is -2.95. The number of amides is 1. The van der Waals surface area contributed by atoms with E-state index >= 15 is 0 Å². The van der Waals surface area contributed by atoms with Gasteiger partial charge < -0.3 is 18.9 Å². The van der Waals surface area contributed by atoms with Crippen molar-refractivity contribution in [2.24, 2.45) is 0 Å². The van der Waals surface area contributed by atoms with Crippen LogP contribution in [0.4, 0.5) is 5.69 Å². The topological polar surface area (TPSA) is 64.6 Å². The largest absolute Gasteiger partial charge is 0.497 e. The summed E-state index contributed by atoms with van der Waals surface area (Å²) in [6.45, 7) is 0. The molecule has 21 heavy (non-hydrogen) atoms. The van der Waals surface area contributed by atoms with Crippen LogP contribution in [0.15, 0.2) is 63.6 Å². The zero-order valence-electron chi connectivity index (χ0n) is 11.3. The minimum atomic E-state index is -0.332. The van der Waals surface area contributed by atoms with Gasteiger partial charge in [0.1, 0.15) is 5.75 Å². The zero-order chi connectivity index (χ0) is 14.7. The summed E-state index contributed by atoms with van der Waals surface area (Å²) in [7, 11) is 1.57. The standard InChI is InChI=1S/C16H13NO4/c1-19-12-5-2-4-11(10-12)17-16(18)15-8-7-14(21-15)13-6-3-9-20-13/h2-10H,1H3,(H,17,18). The van der Waals surface area contributed by atoms with Gasteiger partial charge in [-0.3, -0.25) is 4.79 Å². The molecule has 0 spiro atoms. The molecule has 106 valence electrons. The average Bonchev–Trinajstić information content (AvgIpc) is 3.18. The number of carbonyl (C=O) groups excluding carboxylic acids is 1. The first kappa shape index (κ1) is 13.1. The van der Waals surface area contributed by atoms with E-state index in [-0.39, 0.29) is 11.7 Å². The van der Waals surface area contributed by atoms with Crippen LogP contribution in [0.2, 0.25) is 0 Å². The first-order valence-corrected chi connectivity index (χ1v) is 6.35. The number of hydrogen-bond acceptors (Lipinski definition) is 4. The molecule has 0 fully saturated rings. The van der Waals surface area contributed by atoms with E-state index in [4.69, 9.17) is 13.6 Å². The number of furan rings is 2. The van der Waals surface area contributed by atoms with E-state index in [1.165, 1.54) is 0 Å². The summed E-state index contributed by atoms with van der Waals surface area (Å²) >= 11 is 0. The van der Waals surface area contributed by atoms with Crippen molar-refractivity contribution in [3.05, 3.63) is 60.6 Å². The smallest absolute Gasteiger partial charge is 0.291 e. The van der Waals surface area contributed by atoms with Gasteiger partial charge in [-0.2, -0.15) is 0 Å². The summed E-state index contributed by atoms with van der Waals surface area (Å²) in [6.07, 6.45) is 1.55. The predicted molar refractivity (Wildman–Crippen MR) is 77.4 cm³/mol. The molecule has 1 N–H and O–H groups in total. The van der Waals surface area contributed by atoms with Gasteiger partial charge in [0.15, 0.2) is 17.3 Å². The lowest BCUT2D eigenvalue weighted by Gasteiger charge is -2.05. The Bertz CT molecular complexity index is 743. The molecule has 0 unspecified atom stereocenters. The van der Waals surface area contributed by atoms with Gasteiger partial charge in [0.25, 0.3) is 5.91 Å². The van der Waals surface area contributed by atoms with Crippen LogP contribution in [0.1, 0.15) is 10.6 Å². The summed E-state index contributed by atoms with van der Waals surface area (Å²) in [5, 5.41) is 2.75. The average molecular weight is 283 g/mol. The van der Waals surface area contributed by atoms with Crippen molar-refractivity contribution in [3.63, 3.8) is 0 Å². The Morgan fingerprint density at radius 2 is 2.00 bits per heavy atom. The molecule has 2 aromatic heterocycles. The van der Waals surface area contributed by atoms with Gasteiger partial charge in [-0.25, -0.2) is 0 Å². The second-order valence-electron chi connectivity index (χ2n) is 4.33. The third-order valence-electron chi connectivity index (χ3n) is 2.92. The molecule has 1 aromatic carbocycles. The molecule has 5 nitrogen and oxygen atoms in total. The normalized spacial score (nSPS) is 10.3. The first-order chi connectivity index (χ1) is 10.3. The van der Waals surface area contributed by atoms with Crippen LogP contribution in [0.3, 0.4) is 0 Å². The molecule has 3 rings (SSSR count). The van der Waals surface area contributed by atoms with Crippen LogP contribution < -0.4 is 10.1 Å². The van der Waals surface area contributed by atoms with Gasteiger partial charge in [0, 0.05) is 11.8 Å². The number of methoxy groups -OCH3 is 1. The maximum absolute atomic E-state index is 12.1. The van der Waals surface area contributed by atoms with E-state index < -0.39 is 0 Å². The van der Waals surface area contributed by atoms with Crippen molar-refractivity contribution in [2.75, 3.05) is 12.4 Å². The maximum atomic E-state index is 12.1. The number of nitrogens with one attached hydrogen (secondary N) is 1. The lowest BCUT2D eigenvalue weighted by atomic mass is 10.3. The highest BCUT2D eigenvalue weighted by Gasteiger charge is 2.13. The number of carbonyl (C=O) groups is 1. The summed E-state index contributed by atoms with van der Waals surface area (Å²) in [5.74, 6) is 1.64. The van der Waals surface area contributed by atoms with Gasteiger partial charge in [-0.15, -0.1) is 0 Å². The molecule has 0 aliphatic rings. The second kappa shape index (κ2) is 5.58. The van der Waals surface area contributed by atoms with Crippen LogP contribution in [0.25, 0.3) is 11.5 Å². The molecular formula is C16H13NO4. The van der Waals surface area contributed by atoms with Gasteiger partial charge in [-0.05, 0) is 36.4 Å². The summed E-state index contributed by atoms with van der Waals surface area (Å²) in [5.41, 5.74) is 0.635. The van der Waals surface area contributed by atoms with Crippen molar-refractivity contribution in [2.45, 2.75) is 0 Å². The molecule has 5 heteroatoms. The Morgan fingerprint density at radius 1 is 1.10 bits per heavy atom. The molecule has 0 saturated heterocycles. The molecule has 2 heterocycles. The number of hydrogen-bond donors (Lipinski definition) is 1. The molecule has 0 aliphatic heterocycles. The molecule has 0 radical (unpaired) electrons. The Kier molecular flexibility index (Phi) is 3.47. The van der Waals surface area contributed by atoms with Crippen molar-refractivity contribution >= 4 is 11.6 Å². The summed E-state index contributed by atoms with van der Waals surface area (Å²) in [4.78, 5) is 12.1. The Morgan fingerprint density at radius 3 is 2.76 bits per heavy atom. The van der Waals surface area contributed by atoms with Gasteiger partial charge >= 0.3 is 0 Å². The minimum Gasteiger partial charge on any atom is -0.497 e. The van der Waals surface area contributed by atoms with E-state index in [0.717, 1.165) is 0 Å². The highest BCUT2D eigenvalue weighted by Crippen LogP contribution is 2.23. The summed E-state index contributed by atoms with van der Waals surface area (Å²) in [6, 6.07) is 13.9. The lowest BCUT2D eigenvalue weighted by Crippen LogP contribution is -2.10. The third-order valence-corrected chi connectivity index (χ3v) is 2.92. The minimum absolute atomic E-state index is 0.212. The number of anilines is 1. The molecule has 3 aromatic rings. The molecule has 1 amide bonds. The lowest BCUT2D eigenvalue weighted by molar-refractivity contribution is 0.0997. The van der Waals surface area contributed by atoms with Crippen LogP contribution in [0.5, 0.6) is 5.75 Å². The molecule has 0 saturated carbocycles. The van der Waals surface area contributed by atoms with E-state index in [1.54, 1.807) is 61.9 Å². The number of rotatable bonds is 4. The number of benzene rings is 1. The van der Waals surface area contributed by atoms with Crippen molar-refractivity contribution in [1.29, 1.82) is 0 Å². The van der Waals surface area contributed by atoms with Crippen molar-refractivity contribution in [1.82, 2.24) is 0 Å². The maximum Gasteiger partial charge on any atom is 0.291 e. The molecule has 0 bridgehead atoms. The van der Waals surface area contributed by atoms with Gasteiger partial charge in [0.2, 0.25) is 0 Å². The fraction of sp³-hybridized carbons (Fsp3) is 0.0625. The summed E-state index contributed by atoms with van der Waals surface area (Å²) < 4.78 is 15.8. The fourth-order valence-corrected chi connectivity index (χ4v) is 1.90. The fourth-order valence-electron chi connectivity index (χ4n) is 1.90. The second-order valence-corrected chi connectivity index (χ2v) is 4.33. The van der Waals surface area contributed by atoms with Crippen LogP contribution in [0, 0.1) is 0 Å².